The van der Waals surface area contributed by atoms with E-state index >= 15 is 0 Å². The molecule has 1 fully saturated rings. The minimum atomic E-state index is 0. The maximum Gasteiger partial charge on any atom is 0.251 e. The molecule has 20 heavy (non-hydrogen) atoms. The zero-order valence-electron chi connectivity index (χ0n) is 12.5. The predicted molar refractivity (Wildman–Crippen MR) is 85.7 cm³/mol. The summed E-state index contributed by atoms with van der Waals surface area (Å²) in [5.41, 5.74) is 2.13. The van der Waals surface area contributed by atoms with Crippen LogP contribution in [0.4, 0.5) is 0 Å². The van der Waals surface area contributed by atoms with Crippen molar-refractivity contribution < 1.29 is 4.79 Å². The Morgan fingerprint density at radius 2 is 1.90 bits per heavy atom. The van der Waals surface area contributed by atoms with E-state index in [1.54, 1.807) is 0 Å². The highest BCUT2D eigenvalue weighted by Gasteiger charge is 2.17. The summed E-state index contributed by atoms with van der Waals surface area (Å²) in [6, 6.07) is 8.21. The van der Waals surface area contributed by atoms with Crippen molar-refractivity contribution >= 4 is 18.3 Å². The quantitative estimate of drug-likeness (QED) is 0.881. The fourth-order valence-electron chi connectivity index (χ4n) is 2.37. The number of benzene rings is 1. The standard InChI is InChI=1S/C16H24N2O.ClH/c1-16(2,3)13-8-6-12(7-9-13)15(19)18-14-5-4-10-17-11-14;/h6-9,14,17H,4-5,10-11H2,1-3H3,(H,18,19);1H. The molecule has 112 valence electrons. The highest BCUT2D eigenvalue weighted by atomic mass is 35.5. The van der Waals surface area contributed by atoms with Crippen LogP contribution in [-0.2, 0) is 5.41 Å². The molecule has 1 atom stereocenters. The Kier molecular flexibility index (Phi) is 6.03. The Bertz CT molecular complexity index is 431. The number of carbonyl (C=O) groups excluding carboxylic acids is 1. The minimum Gasteiger partial charge on any atom is -0.348 e. The molecule has 0 saturated carbocycles. The van der Waals surface area contributed by atoms with Gasteiger partial charge in [-0.25, -0.2) is 0 Å². The SMILES string of the molecule is CC(C)(C)c1ccc(C(=O)NC2CCCNC2)cc1.Cl. The summed E-state index contributed by atoms with van der Waals surface area (Å²) in [6.45, 7) is 8.47. The average Bonchev–Trinajstić information content (AvgIpc) is 2.39. The fraction of sp³-hybridized carbons (Fsp3) is 0.562. The number of hydrogen-bond donors (Lipinski definition) is 2. The Morgan fingerprint density at radius 1 is 1.25 bits per heavy atom. The summed E-state index contributed by atoms with van der Waals surface area (Å²) >= 11 is 0. The summed E-state index contributed by atoms with van der Waals surface area (Å²) in [6.07, 6.45) is 2.20. The first kappa shape index (κ1) is 17.0. The lowest BCUT2D eigenvalue weighted by atomic mass is 9.86. The second kappa shape index (κ2) is 7.09. The van der Waals surface area contributed by atoms with Crippen molar-refractivity contribution in [2.24, 2.45) is 0 Å². The van der Waals surface area contributed by atoms with Crippen LogP contribution in [0.3, 0.4) is 0 Å². The first-order chi connectivity index (χ1) is 8.97. The van der Waals surface area contributed by atoms with Gasteiger partial charge in [-0.1, -0.05) is 32.9 Å². The van der Waals surface area contributed by atoms with Crippen LogP contribution in [0.5, 0.6) is 0 Å². The van der Waals surface area contributed by atoms with Crippen molar-refractivity contribution in [3.05, 3.63) is 35.4 Å². The summed E-state index contributed by atoms with van der Waals surface area (Å²) in [7, 11) is 0. The van der Waals surface area contributed by atoms with E-state index in [1.807, 2.05) is 24.3 Å². The second-order valence-corrected chi connectivity index (χ2v) is 6.34. The zero-order chi connectivity index (χ0) is 13.9. The number of hydrogen-bond acceptors (Lipinski definition) is 2. The normalized spacial score (nSPS) is 19.1. The van der Waals surface area contributed by atoms with Crippen LogP contribution in [0.2, 0.25) is 0 Å². The molecule has 0 spiro atoms. The maximum atomic E-state index is 12.1. The van der Waals surface area contributed by atoms with Crippen LogP contribution in [0.1, 0.15) is 49.5 Å². The molecule has 1 heterocycles. The molecule has 1 aliphatic heterocycles. The average molecular weight is 297 g/mol. The van der Waals surface area contributed by atoms with Gasteiger partial charge in [-0.2, -0.15) is 0 Å². The van der Waals surface area contributed by atoms with E-state index in [-0.39, 0.29) is 29.8 Å². The van der Waals surface area contributed by atoms with Crippen molar-refractivity contribution in [2.75, 3.05) is 13.1 Å². The minimum absolute atomic E-state index is 0. The third-order valence-corrected chi connectivity index (χ3v) is 3.65. The van der Waals surface area contributed by atoms with Crippen LogP contribution in [-0.4, -0.2) is 25.0 Å². The molecule has 0 bridgehead atoms. The summed E-state index contributed by atoms with van der Waals surface area (Å²) < 4.78 is 0. The van der Waals surface area contributed by atoms with E-state index in [1.165, 1.54) is 5.56 Å². The number of nitrogens with one attached hydrogen (secondary N) is 2. The van der Waals surface area contributed by atoms with Gasteiger partial charge < -0.3 is 10.6 Å². The number of amides is 1. The summed E-state index contributed by atoms with van der Waals surface area (Å²) in [5, 5.41) is 6.40. The maximum absolute atomic E-state index is 12.1. The van der Waals surface area contributed by atoms with Crippen molar-refractivity contribution in [3.63, 3.8) is 0 Å². The number of halogens is 1. The lowest BCUT2D eigenvalue weighted by molar-refractivity contribution is 0.0930. The van der Waals surface area contributed by atoms with Gasteiger partial charge in [0.2, 0.25) is 0 Å². The van der Waals surface area contributed by atoms with Gasteiger partial charge in [0.15, 0.2) is 0 Å². The predicted octanol–water partition coefficient (Wildman–Crippen LogP) is 2.89. The number of carbonyl (C=O) groups is 1. The van der Waals surface area contributed by atoms with Crippen LogP contribution in [0, 0.1) is 0 Å². The number of rotatable bonds is 2. The van der Waals surface area contributed by atoms with Gasteiger partial charge in [0.25, 0.3) is 5.91 Å². The molecule has 1 saturated heterocycles. The smallest absolute Gasteiger partial charge is 0.251 e. The second-order valence-electron chi connectivity index (χ2n) is 6.34. The lowest BCUT2D eigenvalue weighted by Crippen LogP contribution is -2.45. The Morgan fingerprint density at radius 3 is 2.40 bits per heavy atom. The van der Waals surface area contributed by atoms with Gasteiger partial charge in [0.05, 0.1) is 0 Å². The van der Waals surface area contributed by atoms with Gasteiger partial charge in [-0.05, 0) is 42.5 Å². The van der Waals surface area contributed by atoms with Gasteiger partial charge in [0.1, 0.15) is 0 Å². The summed E-state index contributed by atoms with van der Waals surface area (Å²) in [5.74, 6) is 0.0363. The first-order valence-electron chi connectivity index (χ1n) is 7.09. The van der Waals surface area contributed by atoms with E-state index in [9.17, 15) is 4.79 Å². The molecule has 1 aromatic rings. The van der Waals surface area contributed by atoms with Crippen molar-refractivity contribution in [2.45, 2.75) is 45.1 Å². The van der Waals surface area contributed by atoms with Crippen molar-refractivity contribution in [1.82, 2.24) is 10.6 Å². The molecule has 1 aliphatic rings. The molecule has 2 N–H and O–H groups in total. The van der Waals surface area contributed by atoms with Crippen molar-refractivity contribution in [3.8, 4) is 0 Å². The third kappa shape index (κ3) is 4.50. The highest BCUT2D eigenvalue weighted by Crippen LogP contribution is 2.22. The zero-order valence-corrected chi connectivity index (χ0v) is 13.3. The van der Waals surface area contributed by atoms with E-state index in [0.29, 0.717) is 0 Å². The van der Waals surface area contributed by atoms with E-state index < -0.39 is 0 Å². The number of piperidine rings is 1. The van der Waals surface area contributed by atoms with Gasteiger partial charge in [-0.3, -0.25) is 4.79 Å². The first-order valence-corrected chi connectivity index (χ1v) is 7.09. The third-order valence-electron chi connectivity index (χ3n) is 3.65. The highest BCUT2D eigenvalue weighted by molar-refractivity contribution is 5.94. The summed E-state index contributed by atoms with van der Waals surface area (Å²) in [4.78, 5) is 12.1. The van der Waals surface area contributed by atoms with Crippen LogP contribution in [0.25, 0.3) is 0 Å². The van der Waals surface area contributed by atoms with E-state index in [0.717, 1.165) is 31.5 Å². The molecule has 4 heteroatoms. The molecule has 0 aliphatic carbocycles. The van der Waals surface area contributed by atoms with Crippen LogP contribution >= 0.6 is 12.4 Å². The Hall–Kier alpha value is -1.06. The topological polar surface area (TPSA) is 41.1 Å². The molecular weight excluding hydrogens is 272 g/mol. The molecule has 0 radical (unpaired) electrons. The van der Waals surface area contributed by atoms with Crippen LogP contribution in [0.15, 0.2) is 24.3 Å². The van der Waals surface area contributed by atoms with Gasteiger partial charge in [-0.15, -0.1) is 12.4 Å². The van der Waals surface area contributed by atoms with Crippen LogP contribution < -0.4 is 10.6 Å². The van der Waals surface area contributed by atoms with Gasteiger partial charge in [0, 0.05) is 18.2 Å². The van der Waals surface area contributed by atoms with E-state index in [4.69, 9.17) is 0 Å². The van der Waals surface area contributed by atoms with E-state index in [2.05, 4.69) is 31.4 Å². The Labute approximate surface area is 127 Å². The molecule has 3 nitrogen and oxygen atoms in total. The largest absolute Gasteiger partial charge is 0.348 e. The molecule has 0 aromatic heterocycles. The monoisotopic (exact) mass is 296 g/mol. The van der Waals surface area contributed by atoms with Crippen molar-refractivity contribution in [1.29, 1.82) is 0 Å². The molecule has 1 unspecified atom stereocenters. The molecule has 2 rings (SSSR count). The molecule has 1 amide bonds. The molecular formula is C16H25ClN2O. The van der Waals surface area contributed by atoms with Gasteiger partial charge >= 0.3 is 0 Å². The Balaban J connectivity index is 0.00000200. The molecule has 1 aromatic carbocycles. The fourth-order valence-corrected chi connectivity index (χ4v) is 2.37. The lowest BCUT2D eigenvalue weighted by Gasteiger charge is -2.24.